The van der Waals surface area contributed by atoms with E-state index < -0.39 is 0 Å². The molecule has 0 spiro atoms. The van der Waals surface area contributed by atoms with Crippen LogP contribution in [0.3, 0.4) is 0 Å². The third kappa shape index (κ3) is 4.44. The van der Waals surface area contributed by atoms with Crippen LogP contribution in [0.5, 0.6) is 11.5 Å². The number of rotatable bonds is 5. The second kappa shape index (κ2) is 7.95. The first kappa shape index (κ1) is 17.3. The van der Waals surface area contributed by atoms with Crippen LogP contribution in [0, 0.1) is 10.7 Å². The number of ketones is 1. The molecule has 21 heavy (non-hydrogen) atoms. The Balaban J connectivity index is 2.15. The van der Waals surface area contributed by atoms with Crippen molar-refractivity contribution in [3.63, 3.8) is 0 Å². The fourth-order valence-electron chi connectivity index (χ4n) is 1.76. The Kier molecular flexibility index (Phi) is 6.53. The average molecular weight is 620 g/mol. The summed E-state index contributed by atoms with van der Waals surface area (Å²) in [6.07, 6.45) is 0. The second-order valence-electron chi connectivity index (χ2n) is 4.11. The number of para-hydroxylation sites is 1. The van der Waals surface area contributed by atoms with E-state index in [0.717, 1.165) is 16.5 Å². The monoisotopic (exact) mass is 620 g/mol. The second-order valence-corrected chi connectivity index (χ2v) is 7.68. The van der Waals surface area contributed by atoms with Crippen molar-refractivity contribution < 1.29 is 14.3 Å². The van der Waals surface area contributed by atoms with E-state index in [9.17, 15) is 4.79 Å². The molecule has 0 aliphatic heterocycles. The highest BCUT2D eigenvalue weighted by atomic mass is 127. The summed E-state index contributed by atoms with van der Waals surface area (Å²) in [5.74, 6) is 1.22. The summed E-state index contributed by atoms with van der Waals surface area (Å²) < 4.78 is 14.1. The highest BCUT2D eigenvalue weighted by Crippen LogP contribution is 2.30. The molecule has 3 nitrogen and oxygen atoms in total. The fourth-order valence-corrected chi connectivity index (χ4v) is 5.65. The van der Waals surface area contributed by atoms with Crippen LogP contribution < -0.4 is 9.47 Å². The van der Waals surface area contributed by atoms with Gasteiger partial charge >= 0.3 is 0 Å². The molecule has 0 fully saturated rings. The van der Waals surface area contributed by atoms with Crippen molar-refractivity contribution in [3.05, 3.63) is 52.7 Å². The molecule has 6 heteroatoms. The number of carbonyl (C=O) groups excluding carboxylic acids is 1. The molecule has 2 aromatic carbocycles. The maximum absolute atomic E-state index is 12.3. The summed E-state index contributed by atoms with van der Waals surface area (Å²) in [7, 11) is 1.55. The zero-order valence-electron chi connectivity index (χ0n) is 11.0. The first-order valence-corrected chi connectivity index (χ1v) is 9.20. The zero-order valence-corrected chi connectivity index (χ0v) is 17.5. The number of methoxy groups -OCH3 is 1. The zero-order chi connectivity index (χ0) is 15.4. The standard InChI is InChI=1S/C15H11I3O3/c1-20-14-5-3-2-4-10(14)13(19)8-21-15-11(17)6-9(16)7-12(15)18/h2-7H,8H2,1H3. The molecule has 0 amide bonds. The molecule has 0 unspecified atom stereocenters. The molecule has 0 bridgehead atoms. The number of hydrogen-bond donors (Lipinski definition) is 0. The lowest BCUT2D eigenvalue weighted by atomic mass is 10.1. The number of ether oxygens (including phenoxy) is 2. The number of hydrogen-bond acceptors (Lipinski definition) is 3. The largest absolute Gasteiger partial charge is 0.496 e. The molecule has 110 valence electrons. The molecular weight excluding hydrogens is 609 g/mol. The van der Waals surface area contributed by atoms with E-state index >= 15 is 0 Å². The number of halogens is 3. The summed E-state index contributed by atoms with van der Waals surface area (Å²) in [4.78, 5) is 12.3. The van der Waals surface area contributed by atoms with Crippen LogP contribution in [0.2, 0.25) is 0 Å². The van der Waals surface area contributed by atoms with Crippen molar-refractivity contribution >= 4 is 73.6 Å². The van der Waals surface area contributed by atoms with Crippen molar-refractivity contribution in [1.82, 2.24) is 0 Å². The Bertz CT molecular complexity index is 648. The average Bonchev–Trinajstić information content (AvgIpc) is 2.45. The Hall–Kier alpha value is -0.1000. The van der Waals surface area contributed by atoms with Crippen LogP contribution in [-0.2, 0) is 0 Å². The smallest absolute Gasteiger partial charge is 0.203 e. The molecule has 0 aromatic heterocycles. The van der Waals surface area contributed by atoms with Crippen LogP contribution in [0.4, 0.5) is 0 Å². The van der Waals surface area contributed by atoms with E-state index in [-0.39, 0.29) is 12.4 Å². The van der Waals surface area contributed by atoms with Crippen LogP contribution in [-0.4, -0.2) is 19.5 Å². The molecular formula is C15H11I3O3. The maximum Gasteiger partial charge on any atom is 0.203 e. The SMILES string of the molecule is COc1ccccc1C(=O)COc1c(I)cc(I)cc1I. The van der Waals surface area contributed by atoms with Gasteiger partial charge in [-0.2, -0.15) is 0 Å². The van der Waals surface area contributed by atoms with Crippen LogP contribution in [0.1, 0.15) is 10.4 Å². The van der Waals surface area contributed by atoms with Crippen LogP contribution in [0.25, 0.3) is 0 Å². The van der Waals surface area contributed by atoms with Gasteiger partial charge in [0.1, 0.15) is 11.5 Å². The molecule has 0 heterocycles. The predicted molar refractivity (Wildman–Crippen MR) is 107 cm³/mol. The van der Waals surface area contributed by atoms with Crippen molar-refractivity contribution in [2.24, 2.45) is 0 Å². The molecule has 0 atom stereocenters. The topological polar surface area (TPSA) is 35.5 Å². The minimum absolute atomic E-state index is 0.00698. The molecule has 0 aliphatic rings. The lowest BCUT2D eigenvalue weighted by molar-refractivity contribution is 0.0917. The van der Waals surface area contributed by atoms with Crippen molar-refractivity contribution in [3.8, 4) is 11.5 Å². The molecule has 0 N–H and O–H groups in total. The van der Waals surface area contributed by atoms with E-state index in [2.05, 4.69) is 67.8 Å². The van der Waals surface area contributed by atoms with Gasteiger partial charge in [-0.25, -0.2) is 0 Å². The van der Waals surface area contributed by atoms with Gasteiger partial charge in [-0.3, -0.25) is 4.79 Å². The summed E-state index contributed by atoms with van der Waals surface area (Å²) in [6.45, 7) is -0.00698. The first-order valence-electron chi connectivity index (χ1n) is 5.96. The van der Waals surface area contributed by atoms with Gasteiger partial charge in [-0.1, -0.05) is 12.1 Å². The van der Waals surface area contributed by atoms with Gasteiger partial charge in [0, 0.05) is 3.57 Å². The quantitative estimate of drug-likeness (QED) is 0.358. The van der Waals surface area contributed by atoms with Gasteiger partial charge < -0.3 is 9.47 Å². The van der Waals surface area contributed by atoms with Crippen LogP contribution in [0.15, 0.2) is 36.4 Å². The Labute approximate surface area is 164 Å². The Morgan fingerprint density at radius 1 is 1.10 bits per heavy atom. The molecule has 0 radical (unpaired) electrons. The highest BCUT2D eigenvalue weighted by molar-refractivity contribution is 14.1. The summed E-state index contributed by atoms with van der Waals surface area (Å²) in [6, 6.07) is 11.2. The Morgan fingerprint density at radius 2 is 1.71 bits per heavy atom. The lowest BCUT2D eigenvalue weighted by Gasteiger charge is -2.11. The molecule has 0 saturated heterocycles. The maximum atomic E-state index is 12.3. The van der Waals surface area contributed by atoms with Gasteiger partial charge in [0.2, 0.25) is 5.78 Å². The van der Waals surface area contributed by atoms with Gasteiger partial charge in [0.15, 0.2) is 6.61 Å². The van der Waals surface area contributed by atoms with E-state index in [1.807, 2.05) is 24.3 Å². The molecule has 2 rings (SSSR count). The van der Waals surface area contributed by atoms with E-state index in [0.29, 0.717) is 11.3 Å². The highest BCUT2D eigenvalue weighted by Gasteiger charge is 2.14. The minimum Gasteiger partial charge on any atom is -0.496 e. The van der Waals surface area contributed by atoms with E-state index in [4.69, 9.17) is 9.47 Å². The normalized spacial score (nSPS) is 10.3. The van der Waals surface area contributed by atoms with E-state index in [1.54, 1.807) is 19.2 Å². The van der Waals surface area contributed by atoms with Gasteiger partial charge in [0.25, 0.3) is 0 Å². The predicted octanol–water partition coefficient (Wildman–Crippen LogP) is 4.77. The molecule has 0 saturated carbocycles. The number of carbonyl (C=O) groups is 1. The van der Waals surface area contributed by atoms with Gasteiger partial charge in [-0.15, -0.1) is 0 Å². The third-order valence-electron chi connectivity index (χ3n) is 2.72. The van der Waals surface area contributed by atoms with Crippen LogP contribution >= 0.6 is 67.8 Å². The number of benzene rings is 2. The summed E-state index contributed by atoms with van der Waals surface area (Å²) in [5.41, 5.74) is 0.538. The summed E-state index contributed by atoms with van der Waals surface area (Å²) >= 11 is 6.69. The minimum atomic E-state index is -0.0994. The lowest BCUT2D eigenvalue weighted by Crippen LogP contribution is -2.13. The third-order valence-corrected chi connectivity index (χ3v) is 4.94. The fraction of sp³-hybridized carbons (Fsp3) is 0.133. The number of Topliss-reactive ketones (excluding diaryl/α,β-unsaturated/α-hetero) is 1. The van der Waals surface area contributed by atoms with Crippen molar-refractivity contribution in [2.75, 3.05) is 13.7 Å². The Morgan fingerprint density at radius 3 is 2.33 bits per heavy atom. The first-order chi connectivity index (χ1) is 10.0. The molecule has 0 aliphatic carbocycles. The summed E-state index contributed by atoms with van der Waals surface area (Å²) in [5, 5.41) is 0. The van der Waals surface area contributed by atoms with E-state index in [1.165, 1.54) is 0 Å². The van der Waals surface area contributed by atoms with Crippen molar-refractivity contribution in [1.29, 1.82) is 0 Å². The molecule has 2 aromatic rings. The van der Waals surface area contributed by atoms with Gasteiger partial charge in [0.05, 0.1) is 19.8 Å². The van der Waals surface area contributed by atoms with Gasteiger partial charge in [-0.05, 0) is 92.0 Å². The van der Waals surface area contributed by atoms with Crippen molar-refractivity contribution in [2.45, 2.75) is 0 Å².